The Morgan fingerprint density at radius 3 is 2.82 bits per heavy atom. The molecule has 0 unspecified atom stereocenters. The highest BCUT2D eigenvalue weighted by Crippen LogP contribution is 2.16. The van der Waals surface area contributed by atoms with Gasteiger partial charge in [-0.3, -0.25) is 0 Å². The average Bonchev–Trinajstić information content (AvgIpc) is 2.30. The minimum Gasteiger partial charge on any atom is -0.476 e. The summed E-state index contributed by atoms with van der Waals surface area (Å²) < 4.78 is 0. The van der Waals surface area contributed by atoms with Gasteiger partial charge in [-0.15, -0.1) is 11.3 Å². The summed E-state index contributed by atoms with van der Waals surface area (Å²) in [5.41, 5.74) is 5.40. The maximum Gasteiger partial charge on any atom is 0.355 e. The van der Waals surface area contributed by atoms with Gasteiger partial charge in [0, 0.05) is 6.54 Å². The zero-order chi connectivity index (χ0) is 8.43. The molecule has 3 N–H and O–H groups in total. The van der Waals surface area contributed by atoms with Crippen LogP contribution in [0.25, 0.3) is 0 Å². The first-order valence-corrected chi connectivity index (χ1v) is 3.86. The van der Waals surface area contributed by atoms with Crippen molar-refractivity contribution in [3.8, 4) is 0 Å². The van der Waals surface area contributed by atoms with Crippen LogP contribution in [0.1, 0.15) is 20.4 Å². The normalized spacial score (nSPS) is 10.0. The van der Waals surface area contributed by atoms with E-state index in [4.69, 9.17) is 10.8 Å². The molecule has 1 rings (SSSR count). The van der Waals surface area contributed by atoms with E-state index in [0.717, 1.165) is 5.01 Å². The van der Waals surface area contributed by atoms with E-state index >= 15 is 0 Å². The van der Waals surface area contributed by atoms with Crippen LogP contribution in [0.5, 0.6) is 0 Å². The first kappa shape index (κ1) is 8.16. The molecular formula is C6H8N2O2S. The van der Waals surface area contributed by atoms with Gasteiger partial charge >= 0.3 is 5.97 Å². The molecule has 4 nitrogen and oxygen atoms in total. The summed E-state index contributed by atoms with van der Waals surface area (Å²) in [7, 11) is 0. The highest BCUT2D eigenvalue weighted by molar-refractivity contribution is 7.11. The number of hydrogen-bond donors (Lipinski definition) is 2. The monoisotopic (exact) mass is 172 g/mol. The second-order valence-corrected chi connectivity index (χ2v) is 3.30. The van der Waals surface area contributed by atoms with E-state index in [9.17, 15) is 4.79 Å². The van der Waals surface area contributed by atoms with Gasteiger partial charge in [0.05, 0.1) is 9.88 Å². The van der Waals surface area contributed by atoms with E-state index in [1.165, 1.54) is 11.3 Å². The van der Waals surface area contributed by atoms with Gasteiger partial charge in [-0.2, -0.15) is 0 Å². The molecule has 0 fully saturated rings. The van der Waals surface area contributed by atoms with E-state index < -0.39 is 5.97 Å². The maximum atomic E-state index is 10.5. The molecule has 1 aromatic heterocycles. The fourth-order valence-electron chi connectivity index (χ4n) is 0.775. The topological polar surface area (TPSA) is 76.2 Å². The predicted molar refractivity (Wildman–Crippen MR) is 41.7 cm³/mol. The lowest BCUT2D eigenvalue weighted by atomic mass is 10.4. The summed E-state index contributed by atoms with van der Waals surface area (Å²) in [5.74, 6) is -1.00. The first-order valence-electron chi connectivity index (χ1n) is 3.04. The number of carboxylic acids is 1. The molecule has 0 aromatic carbocycles. The Morgan fingerprint density at radius 2 is 2.45 bits per heavy atom. The second kappa shape index (κ2) is 2.98. The van der Waals surface area contributed by atoms with Gasteiger partial charge in [0.2, 0.25) is 0 Å². The lowest BCUT2D eigenvalue weighted by Gasteiger charge is -1.89. The number of carbonyl (C=O) groups is 1. The molecular weight excluding hydrogens is 164 g/mol. The molecule has 0 aliphatic carbocycles. The Labute approximate surface area is 67.7 Å². The van der Waals surface area contributed by atoms with Crippen molar-refractivity contribution < 1.29 is 9.90 Å². The summed E-state index contributed by atoms with van der Waals surface area (Å²) in [6.45, 7) is 2.00. The van der Waals surface area contributed by atoms with Crippen LogP contribution in [-0.2, 0) is 6.54 Å². The predicted octanol–water partition coefficient (Wildman–Crippen LogP) is 0.608. The number of aryl methyl sites for hydroxylation is 1. The van der Waals surface area contributed by atoms with Gasteiger partial charge in [-0.1, -0.05) is 0 Å². The second-order valence-electron chi connectivity index (χ2n) is 2.01. The van der Waals surface area contributed by atoms with E-state index in [1.807, 2.05) is 0 Å². The van der Waals surface area contributed by atoms with Crippen molar-refractivity contribution in [2.24, 2.45) is 5.73 Å². The first-order chi connectivity index (χ1) is 5.15. The highest BCUT2D eigenvalue weighted by atomic mass is 32.1. The SMILES string of the molecule is Cc1nc(C(=O)O)c(CN)s1. The van der Waals surface area contributed by atoms with Gasteiger partial charge in [-0.25, -0.2) is 9.78 Å². The Kier molecular flexibility index (Phi) is 2.21. The fourth-order valence-corrected chi connectivity index (χ4v) is 1.58. The average molecular weight is 172 g/mol. The molecule has 0 spiro atoms. The lowest BCUT2D eigenvalue weighted by molar-refractivity contribution is 0.0690. The van der Waals surface area contributed by atoms with Gasteiger partial charge in [-0.05, 0) is 6.92 Å². The molecule has 0 saturated heterocycles. The minimum atomic E-state index is -1.00. The number of aromatic carboxylic acids is 1. The van der Waals surface area contributed by atoms with Crippen molar-refractivity contribution in [3.05, 3.63) is 15.6 Å². The van der Waals surface area contributed by atoms with Crippen LogP contribution in [0.2, 0.25) is 0 Å². The molecule has 0 aliphatic rings. The summed E-state index contributed by atoms with van der Waals surface area (Å²) in [6.07, 6.45) is 0. The van der Waals surface area contributed by atoms with Crippen LogP contribution in [0.15, 0.2) is 0 Å². The molecule has 0 radical (unpaired) electrons. The van der Waals surface area contributed by atoms with Crippen LogP contribution >= 0.6 is 11.3 Å². The molecule has 0 atom stereocenters. The molecule has 11 heavy (non-hydrogen) atoms. The summed E-state index contributed by atoms with van der Waals surface area (Å²) in [4.78, 5) is 14.9. The highest BCUT2D eigenvalue weighted by Gasteiger charge is 2.13. The Balaban J connectivity index is 3.12. The van der Waals surface area contributed by atoms with Gasteiger partial charge in [0.25, 0.3) is 0 Å². The van der Waals surface area contributed by atoms with Crippen molar-refractivity contribution in [3.63, 3.8) is 0 Å². The van der Waals surface area contributed by atoms with Gasteiger partial charge in [0.1, 0.15) is 0 Å². The number of nitrogens with zero attached hydrogens (tertiary/aromatic N) is 1. The molecule has 0 saturated carbocycles. The fraction of sp³-hybridized carbons (Fsp3) is 0.333. The van der Waals surface area contributed by atoms with Crippen LogP contribution in [-0.4, -0.2) is 16.1 Å². The molecule has 0 aliphatic heterocycles. The van der Waals surface area contributed by atoms with E-state index in [0.29, 0.717) is 4.88 Å². The molecule has 1 heterocycles. The number of hydrogen-bond acceptors (Lipinski definition) is 4. The van der Waals surface area contributed by atoms with Crippen LogP contribution in [0.3, 0.4) is 0 Å². The van der Waals surface area contributed by atoms with Crippen molar-refractivity contribution in [1.29, 1.82) is 0 Å². The third kappa shape index (κ3) is 1.55. The number of nitrogens with two attached hydrogens (primary N) is 1. The Bertz CT molecular complexity index is 282. The van der Waals surface area contributed by atoms with Gasteiger partial charge in [0.15, 0.2) is 5.69 Å². The molecule has 5 heteroatoms. The summed E-state index contributed by atoms with van der Waals surface area (Å²) in [5, 5.41) is 9.34. The maximum absolute atomic E-state index is 10.5. The van der Waals surface area contributed by atoms with E-state index in [-0.39, 0.29) is 12.2 Å². The van der Waals surface area contributed by atoms with Crippen LogP contribution < -0.4 is 5.73 Å². The summed E-state index contributed by atoms with van der Waals surface area (Å²) >= 11 is 1.33. The smallest absolute Gasteiger partial charge is 0.355 e. The Hall–Kier alpha value is -0.940. The molecule has 1 aromatic rings. The van der Waals surface area contributed by atoms with Crippen LogP contribution in [0, 0.1) is 6.92 Å². The quantitative estimate of drug-likeness (QED) is 0.685. The number of rotatable bonds is 2. The number of aromatic nitrogens is 1. The molecule has 60 valence electrons. The third-order valence-electron chi connectivity index (χ3n) is 1.19. The zero-order valence-corrected chi connectivity index (χ0v) is 6.81. The van der Waals surface area contributed by atoms with E-state index in [2.05, 4.69) is 4.98 Å². The Morgan fingerprint density at radius 1 is 1.82 bits per heavy atom. The largest absolute Gasteiger partial charge is 0.476 e. The summed E-state index contributed by atoms with van der Waals surface area (Å²) in [6, 6.07) is 0. The minimum absolute atomic E-state index is 0.0926. The third-order valence-corrected chi connectivity index (χ3v) is 2.19. The number of thiazole rings is 1. The molecule has 0 amide bonds. The lowest BCUT2D eigenvalue weighted by Crippen LogP contribution is -2.04. The van der Waals surface area contributed by atoms with Crippen molar-refractivity contribution in [2.45, 2.75) is 13.5 Å². The van der Waals surface area contributed by atoms with Gasteiger partial charge < -0.3 is 10.8 Å². The molecule has 0 bridgehead atoms. The van der Waals surface area contributed by atoms with Crippen molar-refractivity contribution in [2.75, 3.05) is 0 Å². The van der Waals surface area contributed by atoms with Crippen LogP contribution in [0.4, 0.5) is 0 Å². The van der Waals surface area contributed by atoms with Crippen molar-refractivity contribution in [1.82, 2.24) is 4.98 Å². The van der Waals surface area contributed by atoms with E-state index in [1.54, 1.807) is 6.92 Å². The standard InChI is InChI=1S/C6H8N2O2S/c1-3-8-5(6(9)10)4(2-7)11-3/h2,7H2,1H3,(H,9,10). The van der Waals surface area contributed by atoms with Crippen molar-refractivity contribution >= 4 is 17.3 Å². The zero-order valence-electron chi connectivity index (χ0n) is 6.00. The number of carboxylic acid groups (broad SMARTS) is 1.